The standard InChI is InChI=1S/C21H26FN3O.ClH/c1-2-16-7-9-17(10-8-16)20-15-23-12-14-25(20)13-11-21(26)24-19-6-4-3-5-18(19)22;/h3-10,20,23H,2,11-15H2,1H3,(H,24,26);1H. The van der Waals surface area contributed by atoms with Crippen LogP contribution in [-0.4, -0.2) is 37.0 Å². The molecule has 27 heavy (non-hydrogen) atoms. The Balaban J connectivity index is 0.00000261. The number of amides is 1. The van der Waals surface area contributed by atoms with E-state index in [2.05, 4.69) is 46.7 Å². The van der Waals surface area contributed by atoms with E-state index in [9.17, 15) is 9.18 Å². The minimum absolute atomic E-state index is 0. The Hall–Kier alpha value is -1.95. The molecule has 1 amide bonds. The number of anilines is 1. The predicted molar refractivity (Wildman–Crippen MR) is 110 cm³/mol. The van der Waals surface area contributed by atoms with E-state index in [1.165, 1.54) is 17.2 Å². The van der Waals surface area contributed by atoms with Gasteiger partial charge in [0.25, 0.3) is 0 Å². The summed E-state index contributed by atoms with van der Waals surface area (Å²) >= 11 is 0. The van der Waals surface area contributed by atoms with Crippen LogP contribution in [-0.2, 0) is 11.2 Å². The summed E-state index contributed by atoms with van der Waals surface area (Å²) in [6.45, 7) is 5.49. The third kappa shape index (κ3) is 5.76. The van der Waals surface area contributed by atoms with Crippen molar-refractivity contribution in [3.8, 4) is 0 Å². The van der Waals surface area contributed by atoms with Crippen molar-refractivity contribution in [2.75, 3.05) is 31.5 Å². The summed E-state index contributed by atoms with van der Waals surface area (Å²) < 4.78 is 13.7. The normalized spacial score (nSPS) is 17.2. The van der Waals surface area contributed by atoms with Gasteiger partial charge in [-0.1, -0.05) is 43.3 Å². The maximum Gasteiger partial charge on any atom is 0.225 e. The van der Waals surface area contributed by atoms with Gasteiger partial charge in [-0.05, 0) is 29.7 Å². The Labute approximate surface area is 166 Å². The summed E-state index contributed by atoms with van der Waals surface area (Å²) in [6.07, 6.45) is 1.38. The summed E-state index contributed by atoms with van der Waals surface area (Å²) in [5.74, 6) is -0.564. The molecule has 0 bridgehead atoms. The van der Waals surface area contributed by atoms with E-state index in [4.69, 9.17) is 0 Å². The second-order valence-electron chi connectivity index (χ2n) is 6.63. The third-order valence-electron chi connectivity index (χ3n) is 4.90. The molecule has 1 heterocycles. The van der Waals surface area contributed by atoms with Gasteiger partial charge in [0.1, 0.15) is 5.82 Å². The lowest BCUT2D eigenvalue weighted by atomic mass is 10.0. The van der Waals surface area contributed by atoms with Crippen molar-refractivity contribution in [2.45, 2.75) is 25.8 Å². The molecule has 0 saturated carbocycles. The van der Waals surface area contributed by atoms with Crippen LogP contribution >= 0.6 is 12.4 Å². The number of rotatable bonds is 6. The molecular formula is C21H27ClFN3O. The monoisotopic (exact) mass is 391 g/mol. The van der Waals surface area contributed by atoms with Crippen molar-refractivity contribution in [3.05, 3.63) is 65.5 Å². The van der Waals surface area contributed by atoms with Crippen molar-refractivity contribution in [2.24, 2.45) is 0 Å². The fourth-order valence-electron chi connectivity index (χ4n) is 3.34. The Morgan fingerprint density at radius 2 is 1.96 bits per heavy atom. The molecule has 4 nitrogen and oxygen atoms in total. The predicted octanol–water partition coefficient (Wildman–Crippen LogP) is 3.79. The van der Waals surface area contributed by atoms with Crippen LogP contribution in [0.1, 0.15) is 30.5 Å². The van der Waals surface area contributed by atoms with E-state index in [-0.39, 0.29) is 30.0 Å². The quantitative estimate of drug-likeness (QED) is 0.787. The molecule has 1 fully saturated rings. The van der Waals surface area contributed by atoms with Crippen molar-refractivity contribution >= 4 is 24.0 Å². The lowest BCUT2D eigenvalue weighted by Gasteiger charge is -2.36. The van der Waals surface area contributed by atoms with Gasteiger partial charge in [0.05, 0.1) is 5.69 Å². The molecule has 2 N–H and O–H groups in total. The largest absolute Gasteiger partial charge is 0.324 e. The number of aryl methyl sites for hydroxylation is 1. The van der Waals surface area contributed by atoms with E-state index in [0.717, 1.165) is 26.1 Å². The van der Waals surface area contributed by atoms with Crippen LogP contribution in [0.5, 0.6) is 0 Å². The third-order valence-corrected chi connectivity index (χ3v) is 4.90. The Morgan fingerprint density at radius 1 is 1.22 bits per heavy atom. The van der Waals surface area contributed by atoms with Gasteiger partial charge in [-0.2, -0.15) is 0 Å². The van der Waals surface area contributed by atoms with Crippen LogP contribution in [0.4, 0.5) is 10.1 Å². The van der Waals surface area contributed by atoms with E-state index >= 15 is 0 Å². The highest BCUT2D eigenvalue weighted by Gasteiger charge is 2.24. The lowest BCUT2D eigenvalue weighted by molar-refractivity contribution is -0.116. The Kier molecular flexibility index (Phi) is 8.23. The van der Waals surface area contributed by atoms with Gasteiger partial charge in [-0.15, -0.1) is 12.4 Å². The summed E-state index contributed by atoms with van der Waals surface area (Å²) in [4.78, 5) is 14.5. The highest BCUT2D eigenvalue weighted by molar-refractivity contribution is 5.90. The highest BCUT2D eigenvalue weighted by atomic mass is 35.5. The minimum Gasteiger partial charge on any atom is -0.324 e. The molecule has 2 aromatic rings. The van der Waals surface area contributed by atoms with Crippen LogP contribution in [0.15, 0.2) is 48.5 Å². The molecule has 1 saturated heterocycles. The number of nitrogens with zero attached hydrogens (tertiary/aromatic N) is 1. The number of carbonyl (C=O) groups is 1. The van der Waals surface area contributed by atoms with Gasteiger partial charge in [0, 0.05) is 38.6 Å². The first-order chi connectivity index (χ1) is 12.7. The van der Waals surface area contributed by atoms with Crippen LogP contribution in [0.2, 0.25) is 0 Å². The molecule has 0 aromatic heterocycles. The van der Waals surface area contributed by atoms with E-state index in [1.807, 2.05) is 0 Å². The molecule has 1 aliphatic rings. The number of hydrogen-bond donors (Lipinski definition) is 2. The minimum atomic E-state index is -0.406. The van der Waals surface area contributed by atoms with E-state index < -0.39 is 5.82 Å². The molecule has 0 spiro atoms. The zero-order valence-corrected chi connectivity index (χ0v) is 16.4. The van der Waals surface area contributed by atoms with Gasteiger partial charge in [0.2, 0.25) is 5.91 Å². The van der Waals surface area contributed by atoms with Crippen molar-refractivity contribution < 1.29 is 9.18 Å². The first-order valence-electron chi connectivity index (χ1n) is 9.25. The van der Waals surface area contributed by atoms with Crippen LogP contribution in [0.25, 0.3) is 0 Å². The summed E-state index contributed by atoms with van der Waals surface area (Å²) in [6, 6.07) is 15.2. The van der Waals surface area contributed by atoms with Gasteiger partial charge in [-0.25, -0.2) is 4.39 Å². The molecule has 6 heteroatoms. The molecule has 2 aromatic carbocycles. The first kappa shape index (κ1) is 21.4. The zero-order valence-electron chi connectivity index (χ0n) is 15.6. The zero-order chi connectivity index (χ0) is 18.4. The molecule has 1 atom stereocenters. The molecule has 0 radical (unpaired) electrons. The molecule has 1 unspecified atom stereocenters. The Bertz CT molecular complexity index is 738. The maximum atomic E-state index is 13.7. The van der Waals surface area contributed by atoms with Crippen LogP contribution in [0.3, 0.4) is 0 Å². The smallest absolute Gasteiger partial charge is 0.225 e. The van der Waals surface area contributed by atoms with Crippen molar-refractivity contribution in [1.82, 2.24) is 10.2 Å². The Morgan fingerprint density at radius 3 is 2.67 bits per heavy atom. The summed E-state index contributed by atoms with van der Waals surface area (Å²) in [7, 11) is 0. The summed E-state index contributed by atoms with van der Waals surface area (Å²) in [5, 5.41) is 6.10. The topological polar surface area (TPSA) is 44.4 Å². The number of benzene rings is 2. The fraction of sp³-hybridized carbons (Fsp3) is 0.381. The molecule has 0 aliphatic carbocycles. The number of para-hydroxylation sites is 1. The van der Waals surface area contributed by atoms with Gasteiger partial charge >= 0.3 is 0 Å². The number of halogens is 2. The highest BCUT2D eigenvalue weighted by Crippen LogP contribution is 2.23. The van der Waals surface area contributed by atoms with Crippen LogP contribution < -0.4 is 10.6 Å². The van der Waals surface area contributed by atoms with E-state index in [0.29, 0.717) is 13.0 Å². The van der Waals surface area contributed by atoms with Gasteiger partial charge in [-0.3, -0.25) is 9.69 Å². The lowest BCUT2D eigenvalue weighted by Crippen LogP contribution is -2.46. The fourth-order valence-corrected chi connectivity index (χ4v) is 3.34. The molecular weight excluding hydrogens is 365 g/mol. The molecule has 146 valence electrons. The molecule has 3 rings (SSSR count). The number of carbonyl (C=O) groups excluding carboxylic acids is 1. The number of piperazine rings is 1. The van der Waals surface area contributed by atoms with Crippen molar-refractivity contribution in [1.29, 1.82) is 0 Å². The van der Waals surface area contributed by atoms with Crippen molar-refractivity contribution in [3.63, 3.8) is 0 Å². The number of nitrogens with one attached hydrogen (secondary N) is 2. The SMILES string of the molecule is CCc1ccc(C2CNCCN2CCC(=O)Nc2ccccc2F)cc1.Cl. The number of hydrogen-bond acceptors (Lipinski definition) is 3. The summed E-state index contributed by atoms with van der Waals surface area (Å²) in [5.41, 5.74) is 2.83. The molecule has 1 aliphatic heterocycles. The van der Waals surface area contributed by atoms with Gasteiger partial charge in [0.15, 0.2) is 0 Å². The maximum absolute atomic E-state index is 13.7. The second-order valence-corrected chi connectivity index (χ2v) is 6.63. The first-order valence-corrected chi connectivity index (χ1v) is 9.25. The second kappa shape index (κ2) is 10.4. The average Bonchev–Trinajstić information content (AvgIpc) is 2.68. The van der Waals surface area contributed by atoms with Gasteiger partial charge < -0.3 is 10.6 Å². The van der Waals surface area contributed by atoms with Crippen LogP contribution in [0, 0.1) is 5.82 Å². The average molecular weight is 392 g/mol. The van der Waals surface area contributed by atoms with E-state index in [1.54, 1.807) is 18.2 Å².